The van der Waals surface area contributed by atoms with Crippen LogP contribution in [0.25, 0.3) is 0 Å². The summed E-state index contributed by atoms with van der Waals surface area (Å²) < 4.78 is 0. The molecule has 3 heteroatoms. The number of carboxylic acids is 1. The smallest absolute Gasteiger partial charge is 0.337 e. The van der Waals surface area contributed by atoms with Crippen LogP contribution in [0.15, 0.2) is 18.2 Å². The summed E-state index contributed by atoms with van der Waals surface area (Å²) in [6.07, 6.45) is 2.31. The van der Waals surface area contributed by atoms with Gasteiger partial charge in [-0.25, -0.2) is 4.79 Å². The largest absolute Gasteiger partial charge is 0.478 e. The predicted molar refractivity (Wildman–Crippen MR) is 63.9 cm³/mol. The molecule has 1 aliphatic carbocycles. The maximum Gasteiger partial charge on any atom is 0.337 e. The average molecular weight is 219 g/mol. The molecule has 1 fully saturated rings. The number of rotatable bonds is 4. The van der Waals surface area contributed by atoms with E-state index in [-0.39, 0.29) is 0 Å². The lowest BCUT2D eigenvalue weighted by Gasteiger charge is -2.09. The first-order valence-corrected chi connectivity index (χ1v) is 5.72. The van der Waals surface area contributed by atoms with Crippen LogP contribution in [0.4, 0.5) is 5.69 Å². The molecule has 1 aliphatic rings. The predicted octanol–water partition coefficient (Wildman–Crippen LogP) is 2.90. The Morgan fingerprint density at radius 2 is 2.31 bits per heavy atom. The van der Waals surface area contributed by atoms with Gasteiger partial charge in [-0.3, -0.25) is 0 Å². The molecule has 0 spiro atoms. The van der Waals surface area contributed by atoms with Gasteiger partial charge in [0.15, 0.2) is 0 Å². The highest BCUT2D eigenvalue weighted by Gasteiger charge is 2.35. The third-order valence-corrected chi connectivity index (χ3v) is 3.19. The fourth-order valence-electron chi connectivity index (χ4n) is 2.04. The van der Waals surface area contributed by atoms with Gasteiger partial charge in [-0.15, -0.1) is 0 Å². The van der Waals surface area contributed by atoms with Gasteiger partial charge >= 0.3 is 5.97 Å². The van der Waals surface area contributed by atoms with Gasteiger partial charge in [0.05, 0.1) is 5.56 Å². The van der Waals surface area contributed by atoms with Crippen molar-refractivity contribution in [3.05, 3.63) is 29.3 Å². The number of hydrogen-bond donors (Lipinski definition) is 2. The highest BCUT2D eigenvalue weighted by Crippen LogP contribution is 2.36. The highest BCUT2D eigenvalue weighted by atomic mass is 16.4. The number of nitrogens with one attached hydrogen (secondary N) is 1. The second-order valence-corrected chi connectivity index (χ2v) is 4.51. The SMILES string of the molecule is CCC1CC1Nc1ccc(C)cc1C(=O)O. The summed E-state index contributed by atoms with van der Waals surface area (Å²) in [7, 11) is 0. The Balaban J connectivity index is 2.17. The van der Waals surface area contributed by atoms with Crippen molar-refractivity contribution in [2.75, 3.05) is 5.32 Å². The lowest BCUT2D eigenvalue weighted by molar-refractivity contribution is 0.0698. The summed E-state index contributed by atoms with van der Waals surface area (Å²) in [6.45, 7) is 4.07. The minimum Gasteiger partial charge on any atom is -0.478 e. The molecule has 0 amide bonds. The van der Waals surface area contributed by atoms with E-state index in [0.717, 1.165) is 24.1 Å². The van der Waals surface area contributed by atoms with Crippen molar-refractivity contribution < 1.29 is 9.90 Å². The van der Waals surface area contributed by atoms with Crippen LogP contribution in [0.3, 0.4) is 0 Å². The minimum absolute atomic E-state index is 0.377. The maximum absolute atomic E-state index is 11.1. The molecule has 1 saturated carbocycles. The van der Waals surface area contributed by atoms with E-state index in [2.05, 4.69) is 12.2 Å². The zero-order valence-electron chi connectivity index (χ0n) is 9.66. The fourth-order valence-corrected chi connectivity index (χ4v) is 2.04. The van der Waals surface area contributed by atoms with Crippen LogP contribution >= 0.6 is 0 Å². The topological polar surface area (TPSA) is 49.3 Å². The van der Waals surface area contributed by atoms with Crippen LogP contribution in [0.2, 0.25) is 0 Å². The molecule has 0 heterocycles. The molecule has 0 saturated heterocycles. The standard InChI is InChI=1S/C13H17NO2/c1-3-9-7-12(9)14-11-5-4-8(2)6-10(11)13(15)16/h4-6,9,12,14H,3,7H2,1-2H3,(H,15,16). The van der Waals surface area contributed by atoms with Crippen molar-refractivity contribution in [1.29, 1.82) is 0 Å². The first-order chi connectivity index (χ1) is 7.61. The van der Waals surface area contributed by atoms with Crippen LogP contribution in [-0.4, -0.2) is 17.1 Å². The Morgan fingerprint density at radius 3 is 2.88 bits per heavy atom. The molecule has 2 atom stereocenters. The summed E-state index contributed by atoms with van der Waals surface area (Å²) in [5.41, 5.74) is 2.10. The van der Waals surface area contributed by atoms with E-state index in [9.17, 15) is 4.79 Å². The summed E-state index contributed by atoms with van der Waals surface area (Å²) in [5.74, 6) is -0.150. The Labute approximate surface area is 95.5 Å². The Bertz CT molecular complexity index is 414. The second kappa shape index (κ2) is 4.16. The van der Waals surface area contributed by atoms with Gasteiger partial charge in [0.25, 0.3) is 0 Å². The monoisotopic (exact) mass is 219 g/mol. The number of carboxylic acid groups (broad SMARTS) is 1. The van der Waals surface area contributed by atoms with Crippen LogP contribution in [0.1, 0.15) is 35.7 Å². The van der Waals surface area contributed by atoms with Crippen LogP contribution in [0.5, 0.6) is 0 Å². The summed E-state index contributed by atoms with van der Waals surface area (Å²) in [5, 5.41) is 12.4. The van der Waals surface area contributed by atoms with E-state index in [4.69, 9.17) is 5.11 Å². The van der Waals surface area contributed by atoms with Crippen molar-refractivity contribution in [2.24, 2.45) is 5.92 Å². The summed E-state index contributed by atoms with van der Waals surface area (Å²) in [6, 6.07) is 5.99. The minimum atomic E-state index is -0.861. The van der Waals surface area contributed by atoms with Gasteiger partial charge in [0.2, 0.25) is 0 Å². The highest BCUT2D eigenvalue weighted by molar-refractivity contribution is 5.94. The molecule has 2 rings (SSSR count). The molecule has 0 radical (unpaired) electrons. The zero-order valence-corrected chi connectivity index (χ0v) is 9.66. The third kappa shape index (κ3) is 2.18. The molecule has 16 heavy (non-hydrogen) atoms. The van der Waals surface area contributed by atoms with Crippen LogP contribution in [0, 0.1) is 12.8 Å². The van der Waals surface area contributed by atoms with E-state index < -0.39 is 5.97 Å². The lowest BCUT2D eigenvalue weighted by Crippen LogP contribution is -2.09. The lowest BCUT2D eigenvalue weighted by atomic mass is 10.1. The number of benzene rings is 1. The van der Waals surface area contributed by atoms with E-state index in [0.29, 0.717) is 17.5 Å². The van der Waals surface area contributed by atoms with Crippen molar-refractivity contribution in [1.82, 2.24) is 0 Å². The van der Waals surface area contributed by atoms with Crippen LogP contribution in [-0.2, 0) is 0 Å². The van der Waals surface area contributed by atoms with Gasteiger partial charge in [-0.05, 0) is 31.4 Å². The molecule has 0 bridgehead atoms. The third-order valence-electron chi connectivity index (χ3n) is 3.19. The Hall–Kier alpha value is -1.51. The second-order valence-electron chi connectivity index (χ2n) is 4.51. The van der Waals surface area contributed by atoms with Crippen molar-refractivity contribution in [3.8, 4) is 0 Å². The average Bonchev–Trinajstić information content (AvgIpc) is 2.99. The van der Waals surface area contributed by atoms with Gasteiger partial charge in [0.1, 0.15) is 0 Å². The molecule has 0 aromatic heterocycles. The van der Waals surface area contributed by atoms with Crippen molar-refractivity contribution in [2.45, 2.75) is 32.7 Å². The molecule has 2 unspecified atom stereocenters. The molecule has 1 aromatic rings. The first kappa shape index (κ1) is 11.0. The molecule has 86 valence electrons. The molecule has 0 aliphatic heterocycles. The van der Waals surface area contributed by atoms with E-state index in [1.165, 1.54) is 0 Å². The van der Waals surface area contributed by atoms with Crippen molar-refractivity contribution >= 4 is 11.7 Å². The van der Waals surface area contributed by atoms with E-state index >= 15 is 0 Å². The number of aryl methyl sites for hydroxylation is 1. The first-order valence-electron chi connectivity index (χ1n) is 5.72. The molecular formula is C13H17NO2. The Morgan fingerprint density at radius 1 is 1.56 bits per heavy atom. The van der Waals surface area contributed by atoms with Gasteiger partial charge in [-0.2, -0.15) is 0 Å². The van der Waals surface area contributed by atoms with Crippen molar-refractivity contribution in [3.63, 3.8) is 0 Å². The quantitative estimate of drug-likeness (QED) is 0.818. The van der Waals surface area contributed by atoms with E-state index in [1.807, 2.05) is 19.1 Å². The molecule has 2 N–H and O–H groups in total. The normalized spacial score (nSPS) is 22.9. The summed E-state index contributed by atoms with van der Waals surface area (Å²) >= 11 is 0. The van der Waals surface area contributed by atoms with Gasteiger partial charge in [0, 0.05) is 11.7 Å². The number of aromatic carboxylic acids is 1. The maximum atomic E-state index is 11.1. The Kier molecular flexibility index (Phi) is 2.86. The van der Waals surface area contributed by atoms with Gasteiger partial charge in [-0.1, -0.05) is 25.0 Å². The fraction of sp³-hybridized carbons (Fsp3) is 0.462. The number of hydrogen-bond acceptors (Lipinski definition) is 2. The molecule has 3 nitrogen and oxygen atoms in total. The number of anilines is 1. The molecular weight excluding hydrogens is 202 g/mol. The zero-order chi connectivity index (χ0) is 11.7. The number of carbonyl (C=O) groups is 1. The van der Waals surface area contributed by atoms with Crippen LogP contribution < -0.4 is 5.32 Å². The molecule has 1 aromatic carbocycles. The summed E-state index contributed by atoms with van der Waals surface area (Å²) in [4.78, 5) is 11.1. The van der Waals surface area contributed by atoms with Gasteiger partial charge < -0.3 is 10.4 Å². The van der Waals surface area contributed by atoms with E-state index in [1.54, 1.807) is 6.07 Å².